The maximum Gasteiger partial charge on any atom is 0.203 e. The molecule has 1 unspecified atom stereocenters. The van der Waals surface area contributed by atoms with Crippen molar-refractivity contribution < 1.29 is 18.3 Å². The molecule has 1 aromatic carbocycles. The fraction of sp³-hybridized carbons (Fsp3) is 0.333. The van der Waals surface area contributed by atoms with Gasteiger partial charge in [0.15, 0.2) is 17.4 Å². The maximum absolute atomic E-state index is 12.8. The topological polar surface area (TPSA) is 46.2 Å². The van der Waals surface area contributed by atoms with Gasteiger partial charge in [0.25, 0.3) is 0 Å². The van der Waals surface area contributed by atoms with Gasteiger partial charge in [-0.15, -0.1) is 0 Å². The molecule has 0 radical (unpaired) electrons. The molecule has 0 spiro atoms. The Balaban J connectivity index is 3.33. The molecule has 0 aromatic heterocycles. The van der Waals surface area contributed by atoms with Gasteiger partial charge in [0.2, 0.25) is 5.82 Å². The molecule has 1 atom stereocenters. The Morgan fingerprint density at radius 2 is 1.93 bits per heavy atom. The zero-order chi connectivity index (χ0) is 10.9. The maximum atomic E-state index is 12.8. The van der Waals surface area contributed by atoms with E-state index in [1.807, 2.05) is 0 Å². The van der Waals surface area contributed by atoms with Crippen LogP contribution in [-0.2, 0) is 0 Å². The lowest BCUT2D eigenvalue weighted by Gasteiger charge is -2.12. The fourth-order valence-electron chi connectivity index (χ4n) is 1.11. The molecule has 0 heterocycles. The highest BCUT2D eigenvalue weighted by Crippen LogP contribution is 2.30. The van der Waals surface area contributed by atoms with Crippen molar-refractivity contribution in [3.63, 3.8) is 0 Å². The average molecular weight is 205 g/mol. The van der Waals surface area contributed by atoms with E-state index in [0.717, 1.165) is 0 Å². The van der Waals surface area contributed by atoms with Gasteiger partial charge in [-0.25, -0.2) is 8.78 Å². The van der Waals surface area contributed by atoms with Crippen LogP contribution >= 0.6 is 0 Å². The first kappa shape index (κ1) is 10.8. The van der Waals surface area contributed by atoms with E-state index in [2.05, 4.69) is 0 Å². The molecule has 0 saturated heterocycles. The molecule has 1 rings (SSSR count). The van der Waals surface area contributed by atoms with E-state index in [0.29, 0.717) is 12.5 Å². The highest BCUT2D eigenvalue weighted by Gasteiger charge is 2.20. The lowest BCUT2D eigenvalue weighted by molar-refractivity contribution is 0.377. The molecular formula is C9H10F3NO. The first-order valence-electron chi connectivity index (χ1n) is 4.11. The van der Waals surface area contributed by atoms with Gasteiger partial charge >= 0.3 is 0 Å². The summed E-state index contributed by atoms with van der Waals surface area (Å²) in [6.45, 7) is 1.68. The average Bonchev–Trinajstić information content (AvgIpc) is 2.19. The minimum atomic E-state index is -1.69. The van der Waals surface area contributed by atoms with Crippen LogP contribution in [0.15, 0.2) is 6.07 Å². The number of halogens is 3. The molecule has 0 fully saturated rings. The third-order valence-corrected chi connectivity index (χ3v) is 2.01. The van der Waals surface area contributed by atoms with E-state index in [9.17, 15) is 13.2 Å². The van der Waals surface area contributed by atoms with Gasteiger partial charge in [0, 0.05) is 11.6 Å². The van der Waals surface area contributed by atoms with Crippen LogP contribution in [0.4, 0.5) is 13.2 Å². The van der Waals surface area contributed by atoms with Gasteiger partial charge in [-0.05, 0) is 12.5 Å². The second-order valence-corrected chi connectivity index (χ2v) is 2.94. The monoisotopic (exact) mass is 205 g/mol. The molecule has 5 heteroatoms. The Labute approximate surface area is 79.2 Å². The highest BCUT2D eigenvalue weighted by atomic mass is 19.2. The zero-order valence-electron chi connectivity index (χ0n) is 7.52. The first-order valence-corrected chi connectivity index (χ1v) is 4.11. The van der Waals surface area contributed by atoms with Crippen molar-refractivity contribution in [2.75, 3.05) is 0 Å². The van der Waals surface area contributed by atoms with E-state index >= 15 is 0 Å². The summed E-state index contributed by atoms with van der Waals surface area (Å²) in [5, 5.41) is 9.14. The minimum absolute atomic E-state index is 0.121. The Morgan fingerprint density at radius 1 is 1.36 bits per heavy atom. The van der Waals surface area contributed by atoms with Crippen molar-refractivity contribution in [1.82, 2.24) is 0 Å². The summed E-state index contributed by atoms with van der Waals surface area (Å²) in [4.78, 5) is 0. The number of rotatable bonds is 2. The van der Waals surface area contributed by atoms with Gasteiger partial charge in [0.1, 0.15) is 0 Å². The van der Waals surface area contributed by atoms with E-state index in [-0.39, 0.29) is 5.56 Å². The number of hydrogen-bond acceptors (Lipinski definition) is 2. The largest absolute Gasteiger partial charge is 0.505 e. The molecule has 14 heavy (non-hydrogen) atoms. The molecule has 0 saturated carbocycles. The predicted molar refractivity (Wildman–Crippen MR) is 45.2 cm³/mol. The second kappa shape index (κ2) is 3.88. The van der Waals surface area contributed by atoms with Gasteiger partial charge in [-0.3, -0.25) is 0 Å². The van der Waals surface area contributed by atoms with Crippen molar-refractivity contribution in [2.24, 2.45) is 5.73 Å². The number of phenolic OH excluding ortho intramolecular Hbond substituents is 1. The quantitative estimate of drug-likeness (QED) is 0.727. The van der Waals surface area contributed by atoms with Crippen LogP contribution in [-0.4, -0.2) is 5.11 Å². The lowest BCUT2D eigenvalue weighted by Crippen LogP contribution is -2.10. The van der Waals surface area contributed by atoms with Crippen molar-refractivity contribution in [1.29, 1.82) is 0 Å². The third kappa shape index (κ3) is 1.68. The molecule has 0 amide bonds. The van der Waals surface area contributed by atoms with Gasteiger partial charge in [-0.1, -0.05) is 6.92 Å². The molecule has 0 aliphatic carbocycles. The predicted octanol–water partition coefficient (Wildman–Crippen LogP) is 2.22. The standard InChI is InChI=1S/C9H10F3NO/c1-2-6(13)4-3-5(10)7(11)8(12)9(4)14/h3,6,14H,2,13H2,1H3. The summed E-state index contributed by atoms with van der Waals surface area (Å²) in [7, 11) is 0. The number of nitrogens with two attached hydrogens (primary N) is 1. The second-order valence-electron chi connectivity index (χ2n) is 2.94. The van der Waals surface area contributed by atoms with E-state index in [4.69, 9.17) is 10.8 Å². The number of phenols is 1. The summed E-state index contributed by atoms with van der Waals surface area (Å²) in [5.41, 5.74) is 5.35. The number of aromatic hydroxyl groups is 1. The van der Waals surface area contributed by atoms with Crippen LogP contribution in [0.1, 0.15) is 24.9 Å². The number of hydrogen-bond donors (Lipinski definition) is 2. The fourth-order valence-corrected chi connectivity index (χ4v) is 1.11. The van der Waals surface area contributed by atoms with Crippen LogP contribution in [0, 0.1) is 17.5 Å². The van der Waals surface area contributed by atoms with Crippen molar-refractivity contribution in [3.05, 3.63) is 29.1 Å². The Morgan fingerprint density at radius 3 is 2.43 bits per heavy atom. The van der Waals surface area contributed by atoms with E-state index in [1.165, 1.54) is 0 Å². The Kier molecular flexibility index (Phi) is 3.00. The van der Waals surface area contributed by atoms with E-state index < -0.39 is 29.2 Å². The summed E-state index contributed by atoms with van der Waals surface area (Å²) >= 11 is 0. The molecule has 1 aromatic rings. The lowest BCUT2D eigenvalue weighted by atomic mass is 10.0. The summed E-state index contributed by atoms with van der Waals surface area (Å²) in [6.07, 6.45) is 0.387. The Bertz CT molecular complexity index is 354. The normalized spacial score (nSPS) is 12.9. The van der Waals surface area contributed by atoms with Crippen molar-refractivity contribution in [2.45, 2.75) is 19.4 Å². The molecule has 0 aliphatic rings. The Hall–Kier alpha value is -1.23. The molecule has 0 bridgehead atoms. The van der Waals surface area contributed by atoms with Crippen molar-refractivity contribution in [3.8, 4) is 5.75 Å². The summed E-state index contributed by atoms with van der Waals surface area (Å²) < 4.78 is 38.2. The van der Waals surface area contributed by atoms with Crippen LogP contribution in [0.5, 0.6) is 5.75 Å². The molecule has 3 N–H and O–H groups in total. The van der Waals surface area contributed by atoms with Gasteiger partial charge < -0.3 is 10.8 Å². The molecular weight excluding hydrogens is 195 g/mol. The highest BCUT2D eigenvalue weighted by molar-refractivity contribution is 5.37. The minimum Gasteiger partial charge on any atom is -0.505 e. The molecule has 78 valence electrons. The van der Waals surface area contributed by atoms with Crippen molar-refractivity contribution >= 4 is 0 Å². The molecule has 0 aliphatic heterocycles. The SMILES string of the molecule is CCC(N)c1cc(F)c(F)c(F)c1O. The summed E-state index contributed by atoms with van der Waals surface area (Å²) in [6, 6.07) is 0.00153. The van der Waals surface area contributed by atoms with Gasteiger partial charge in [-0.2, -0.15) is 4.39 Å². The van der Waals surface area contributed by atoms with Crippen LogP contribution < -0.4 is 5.73 Å². The van der Waals surface area contributed by atoms with Crippen LogP contribution in [0.2, 0.25) is 0 Å². The third-order valence-electron chi connectivity index (χ3n) is 2.01. The number of benzene rings is 1. The van der Waals surface area contributed by atoms with Crippen LogP contribution in [0.3, 0.4) is 0 Å². The summed E-state index contributed by atoms with van der Waals surface area (Å²) in [5.74, 6) is -5.55. The van der Waals surface area contributed by atoms with Gasteiger partial charge in [0.05, 0.1) is 0 Å². The smallest absolute Gasteiger partial charge is 0.203 e. The zero-order valence-corrected chi connectivity index (χ0v) is 7.52. The first-order chi connectivity index (χ1) is 6.49. The van der Waals surface area contributed by atoms with E-state index in [1.54, 1.807) is 6.92 Å². The van der Waals surface area contributed by atoms with Crippen LogP contribution in [0.25, 0.3) is 0 Å². The molecule has 2 nitrogen and oxygen atoms in total.